The Kier molecular flexibility index (Phi) is 38.6. The fraction of sp³-hybridized carbons (Fsp3) is 0.895. The number of hydrogen-bond donors (Lipinski definition) is 2. The molecule has 0 saturated carbocycles. The molecule has 0 aliphatic heterocycles. The molecule has 0 rings (SSSR count). The molecule has 0 N–H and O–H groups in total. The Labute approximate surface area is 404 Å². The number of ether oxygens (including phenoxy) is 1. The second-order valence-corrected chi connectivity index (χ2v) is 55.5. The Balaban J connectivity index is -0.00000107. The third kappa shape index (κ3) is 39.9. The molecule has 0 aromatic heterocycles. The molecule has 0 bridgehead atoms. The van der Waals surface area contributed by atoms with Crippen molar-refractivity contribution in [1.29, 1.82) is 0 Å². The minimum Gasteiger partial charge on any atom is -0.437 e. The van der Waals surface area contributed by atoms with Crippen LogP contribution in [-0.4, -0.2) is 126 Å². The van der Waals surface area contributed by atoms with Crippen LogP contribution in [0.25, 0.3) is 0 Å². The molecule has 356 valence electrons. The number of thioether (sulfide) groups is 4. The van der Waals surface area contributed by atoms with Crippen molar-refractivity contribution in [2.45, 2.75) is 155 Å². The average Bonchev–Trinajstić information content (AvgIpc) is 3.08. The molecular formula is C38H94O7S6Si8. The van der Waals surface area contributed by atoms with Gasteiger partial charge in [0.05, 0.1) is 13.2 Å². The van der Waals surface area contributed by atoms with Crippen molar-refractivity contribution in [3.05, 3.63) is 24.6 Å². The van der Waals surface area contributed by atoms with E-state index >= 15 is 0 Å². The Morgan fingerprint density at radius 2 is 0.966 bits per heavy atom. The van der Waals surface area contributed by atoms with Crippen molar-refractivity contribution in [3.8, 4) is 0 Å². The maximum Gasteiger partial charge on any atom is 0.343 e. The van der Waals surface area contributed by atoms with E-state index < -0.39 is 67.5 Å². The van der Waals surface area contributed by atoms with Crippen LogP contribution in [0.5, 0.6) is 0 Å². The van der Waals surface area contributed by atoms with E-state index in [0.29, 0.717) is 0 Å². The van der Waals surface area contributed by atoms with Gasteiger partial charge in [0.2, 0.25) is 8.32 Å². The lowest BCUT2D eigenvalue weighted by Gasteiger charge is -2.44. The van der Waals surface area contributed by atoms with Crippen LogP contribution in [0, 0.1) is 0 Å². The van der Waals surface area contributed by atoms with Crippen LogP contribution < -0.4 is 0 Å². The van der Waals surface area contributed by atoms with Crippen LogP contribution in [0.2, 0.25) is 116 Å². The Morgan fingerprint density at radius 3 is 1.36 bits per heavy atom. The Morgan fingerprint density at radius 1 is 0.525 bits per heavy atom. The lowest BCUT2D eigenvalue weighted by molar-refractivity contribution is 0.167. The van der Waals surface area contributed by atoms with Crippen LogP contribution in [0.3, 0.4) is 0 Å². The molecule has 4 unspecified atom stereocenters. The van der Waals surface area contributed by atoms with E-state index in [1.807, 2.05) is 52.7 Å². The molecule has 0 heterocycles. The maximum atomic E-state index is 7.31. The van der Waals surface area contributed by atoms with Gasteiger partial charge in [-0.15, -0.1) is 13.2 Å². The average molecular weight is 1080 g/mol. The van der Waals surface area contributed by atoms with Crippen molar-refractivity contribution in [2.75, 3.05) is 58.9 Å². The van der Waals surface area contributed by atoms with Gasteiger partial charge in [-0.2, -0.15) is 72.3 Å². The summed E-state index contributed by atoms with van der Waals surface area (Å²) in [5.74, 6) is 3.84. The molecule has 7 nitrogen and oxygen atoms in total. The summed E-state index contributed by atoms with van der Waals surface area (Å²) in [7, 11) is -16.4. The van der Waals surface area contributed by atoms with Gasteiger partial charge in [-0.1, -0.05) is 50.9 Å². The molecule has 21 heteroatoms. The van der Waals surface area contributed by atoms with E-state index in [2.05, 4.69) is 162 Å². The van der Waals surface area contributed by atoms with Gasteiger partial charge in [-0.05, 0) is 140 Å². The Bertz CT molecular complexity index is 1080. The first-order chi connectivity index (χ1) is 27.0. The number of thiol groups is 2. The van der Waals surface area contributed by atoms with Gasteiger partial charge in [0.25, 0.3) is 0 Å². The maximum absolute atomic E-state index is 7.31. The minimum absolute atomic E-state index is 0.740. The highest BCUT2D eigenvalue weighted by Gasteiger charge is 2.49. The second-order valence-electron chi connectivity index (χ2n) is 18.4. The topological polar surface area (TPSA) is 64.6 Å². The van der Waals surface area contributed by atoms with E-state index in [4.69, 9.17) is 29.4 Å². The normalized spacial score (nSPS) is 16.6. The van der Waals surface area contributed by atoms with Gasteiger partial charge in [0.15, 0.2) is 25.0 Å². The zero-order valence-corrected chi connectivity index (χ0v) is 54.3. The summed E-state index contributed by atoms with van der Waals surface area (Å²) in [6, 6.07) is 4.55. The van der Waals surface area contributed by atoms with E-state index in [0.717, 1.165) is 46.7 Å². The number of rotatable bonds is 34. The van der Waals surface area contributed by atoms with E-state index in [1.165, 1.54) is 49.6 Å². The zero-order valence-electron chi connectivity index (χ0n) is 41.3. The van der Waals surface area contributed by atoms with E-state index in [-0.39, 0.29) is 0 Å². The fourth-order valence-corrected chi connectivity index (χ4v) is 48.8. The molecule has 4 atom stereocenters. The molecule has 0 amide bonds. The van der Waals surface area contributed by atoms with Crippen LogP contribution in [-0.2, 0) is 29.4 Å². The minimum atomic E-state index is -2.68. The van der Waals surface area contributed by atoms with Crippen molar-refractivity contribution in [1.82, 2.24) is 0 Å². The SMILES string of the molecule is C=C[Si](C)(CCCC)O[Si](C)(C)O[Si](C)(C)C.C=C[Si](C)(O[Si](C)(C)O[Si](C)(C)C)O[Si](C)(CCSCSC)O[Si](C)(CCCC)CCSCSC.SCCOCCS. The number of hydrogen-bond acceptors (Lipinski definition) is 13. The first kappa shape index (κ1) is 66.3. The summed E-state index contributed by atoms with van der Waals surface area (Å²) in [5.41, 5.74) is 4.03. The third-order valence-electron chi connectivity index (χ3n) is 8.15. The van der Waals surface area contributed by atoms with Crippen molar-refractivity contribution >= 4 is 140 Å². The highest BCUT2D eigenvalue weighted by molar-refractivity contribution is 8.16. The molecule has 0 radical (unpaired) electrons. The van der Waals surface area contributed by atoms with Crippen molar-refractivity contribution in [3.63, 3.8) is 0 Å². The first-order valence-electron chi connectivity index (χ1n) is 21.4. The van der Waals surface area contributed by atoms with Crippen molar-refractivity contribution < 1.29 is 29.4 Å². The van der Waals surface area contributed by atoms with Crippen LogP contribution in [0.1, 0.15) is 39.5 Å². The number of unbranched alkanes of at least 4 members (excludes halogenated alkanes) is 2. The van der Waals surface area contributed by atoms with Gasteiger partial charge in [0.1, 0.15) is 0 Å². The first-order valence-corrected chi connectivity index (χ1v) is 50.7. The molecule has 0 spiro atoms. The van der Waals surface area contributed by atoms with Crippen LogP contribution >= 0.6 is 72.3 Å². The molecular weight excluding hydrogens is 986 g/mol. The highest BCUT2D eigenvalue weighted by Crippen LogP contribution is 2.34. The third-order valence-corrected chi connectivity index (χ3v) is 43.6. The molecule has 0 aromatic carbocycles. The van der Waals surface area contributed by atoms with Gasteiger partial charge in [0, 0.05) is 21.7 Å². The molecule has 0 aliphatic carbocycles. The monoisotopic (exact) mass is 1080 g/mol. The van der Waals surface area contributed by atoms with Gasteiger partial charge in [-0.25, -0.2) is 0 Å². The summed E-state index contributed by atoms with van der Waals surface area (Å²) >= 11 is 15.7. The van der Waals surface area contributed by atoms with Gasteiger partial charge >= 0.3 is 34.2 Å². The standard InChI is InChI=1S/C22H54O4S4Si5.C12H30O2Si3.C4H10OS2/c1-13-15-18-33(10,19-16-29-21-27-3)25-35(12,20-17-30-22-28-4)26-34(11,14-2)24-32(8,9)23-31(5,6)7;1-9-11-12-17(8,10-2)14-16(6,7)13-15(3,4)5;6-3-1-5-2-4-7/h14H,2,13,15-22H2,1,3-12H3;10H,2,9,11-12H2,1,3-8H3;6-7H,1-4H2. The van der Waals surface area contributed by atoms with E-state index in [1.54, 1.807) is 0 Å². The van der Waals surface area contributed by atoms with E-state index in [9.17, 15) is 0 Å². The predicted octanol–water partition coefficient (Wildman–Crippen LogP) is 14.5. The summed E-state index contributed by atoms with van der Waals surface area (Å²) in [6.45, 7) is 45.3. The molecule has 0 saturated heterocycles. The molecule has 0 fully saturated rings. The van der Waals surface area contributed by atoms with Crippen molar-refractivity contribution in [2.24, 2.45) is 0 Å². The summed E-state index contributed by atoms with van der Waals surface area (Å²) in [6.07, 6.45) is 9.24. The van der Waals surface area contributed by atoms with Gasteiger partial charge < -0.3 is 29.4 Å². The Hall–Kier alpha value is 3.04. The lowest BCUT2D eigenvalue weighted by atomic mass is 10.4. The summed E-state index contributed by atoms with van der Waals surface area (Å²) in [4.78, 5) is 0. The predicted molar refractivity (Wildman–Crippen MR) is 304 cm³/mol. The fourth-order valence-electron chi connectivity index (χ4n) is 6.30. The van der Waals surface area contributed by atoms with Crippen LogP contribution in [0.4, 0.5) is 0 Å². The lowest BCUT2D eigenvalue weighted by Crippen LogP contribution is -2.60. The molecule has 0 aliphatic rings. The second kappa shape index (κ2) is 34.3. The van der Waals surface area contributed by atoms with Gasteiger partial charge in [-0.3, -0.25) is 0 Å². The quantitative estimate of drug-likeness (QED) is 0.0280. The van der Waals surface area contributed by atoms with Crippen LogP contribution in [0.15, 0.2) is 24.6 Å². The molecule has 59 heavy (non-hydrogen) atoms. The summed E-state index contributed by atoms with van der Waals surface area (Å²) < 4.78 is 45.4. The molecule has 0 aromatic rings. The smallest absolute Gasteiger partial charge is 0.343 e. The highest BCUT2D eigenvalue weighted by atomic mass is 32.2. The zero-order chi connectivity index (χ0) is 46.5. The summed E-state index contributed by atoms with van der Waals surface area (Å²) in [5, 5.41) is 2.26. The largest absolute Gasteiger partial charge is 0.437 e.